The van der Waals surface area contributed by atoms with E-state index in [1.54, 1.807) is 13.3 Å². The number of methoxy groups -OCH3 is 1. The van der Waals surface area contributed by atoms with Crippen molar-refractivity contribution in [2.75, 3.05) is 13.0 Å². The molecule has 2 aromatic heterocycles. The van der Waals surface area contributed by atoms with Gasteiger partial charge in [0.05, 0.1) is 19.1 Å². The summed E-state index contributed by atoms with van der Waals surface area (Å²) in [5.41, 5.74) is 1.76. The zero-order chi connectivity index (χ0) is 19.5. The fourth-order valence-electron chi connectivity index (χ4n) is 2.56. The van der Waals surface area contributed by atoms with Gasteiger partial charge in [0, 0.05) is 16.1 Å². The van der Waals surface area contributed by atoms with Crippen molar-refractivity contribution < 1.29 is 9.15 Å². The molecule has 2 N–H and O–H groups in total. The van der Waals surface area contributed by atoms with Crippen LogP contribution in [0.25, 0.3) is 22.7 Å². The van der Waals surface area contributed by atoms with Crippen LogP contribution in [0, 0.1) is 0 Å². The molecule has 0 unspecified atom stereocenters. The maximum Gasteiger partial charge on any atom is 0.210 e. The second-order valence-electron chi connectivity index (χ2n) is 5.82. The molecule has 2 aromatic carbocycles. The summed E-state index contributed by atoms with van der Waals surface area (Å²) in [6, 6.07) is 14.9. The first-order valence-corrected chi connectivity index (χ1v) is 9.69. The lowest BCUT2D eigenvalue weighted by molar-refractivity contribution is 0.415. The number of hydrogen-bond donors (Lipinski definition) is 1. The average molecular weight is 414 g/mol. The second-order valence-corrected chi connectivity index (χ2v) is 7.20. The van der Waals surface area contributed by atoms with Crippen molar-refractivity contribution in [3.63, 3.8) is 0 Å². The molecule has 2 heterocycles. The monoisotopic (exact) mass is 413 g/mol. The number of nitrogens with two attached hydrogens (primary N) is 1. The van der Waals surface area contributed by atoms with Crippen molar-refractivity contribution in [3.05, 3.63) is 65.6 Å². The Morgan fingerprint density at radius 1 is 1.07 bits per heavy atom. The summed E-state index contributed by atoms with van der Waals surface area (Å²) in [7, 11) is 1.62. The molecule has 4 rings (SSSR count). The van der Waals surface area contributed by atoms with Gasteiger partial charge in [-0.1, -0.05) is 23.4 Å². The third kappa shape index (κ3) is 3.83. The van der Waals surface area contributed by atoms with E-state index in [0.717, 1.165) is 16.9 Å². The Bertz CT molecular complexity index is 1080. The summed E-state index contributed by atoms with van der Waals surface area (Å²) >= 11 is 7.31. The Hall–Kier alpha value is -2.97. The number of ether oxygens (including phenoxy) is 1. The Kier molecular flexibility index (Phi) is 5.23. The minimum atomic E-state index is 0.478. The van der Waals surface area contributed by atoms with Crippen LogP contribution in [0.3, 0.4) is 0 Å². The highest BCUT2D eigenvalue weighted by atomic mass is 35.5. The van der Waals surface area contributed by atoms with Gasteiger partial charge in [0.2, 0.25) is 11.0 Å². The van der Waals surface area contributed by atoms with Crippen molar-refractivity contribution >= 4 is 23.4 Å². The first-order chi connectivity index (χ1) is 13.6. The summed E-state index contributed by atoms with van der Waals surface area (Å²) < 4.78 is 12.4. The van der Waals surface area contributed by atoms with Gasteiger partial charge >= 0.3 is 0 Å². The zero-order valence-electron chi connectivity index (χ0n) is 14.9. The molecule has 0 bridgehead atoms. The third-order valence-electron chi connectivity index (χ3n) is 4.02. The number of rotatable bonds is 6. The second kappa shape index (κ2) is 7.95. The van der Waals surface area contributed by atoms with Crippen molar-refractivity contribution in [1.29, 1.82) is 0 Å². The van der Waals surface area contributed by atoms with E-state index in [0.29, 0.717) is 33.4 Å². The van der Waals surface area contributed by atoms with Crippen LogP contribution in [0.1, 0.15) is 5.89 Å². The Balaban J connectivity index is 1.45. The lowest BCUT2D eigenvalue weighted by Gasteiger charge is -2.04. The molecule has 0 saturated heterocycles. The van der Waals surface area contributed by atoms with Gasteiger partial charge in [0.25, 0.3) is 0 Å². The van der Waals surface area contributed by atoms with E-state index in [4.69, 9.17) is 26.6 Å². The van der Waals surface area contributed by atoms with Gasteiger partial charge in [-0.25, -0.2) is 9.66 Å². The lowest BCUT2D eigenvalue weighted by atomic mass is 10.2. The fraction of sp³-hybridized carbons (Fsp3) is 0.105. The Labute approximate surface area is 170 Å². The number of nitrogen functional groups attached to an aromatic ring is 1. The Morgan fingerprint density at radius 2 is 1.79 bits per heavy atom. The fourth-order valence-corrected chi connectivity index (χ4v) is 3.40. The van der Waals surface area contributed by atoms with Crippen LogP contribution < -0.4 is 10.6 Å². The summed E-state index contributed by atoms with van der Waals surface area (Å²) in [6.07, 6.45) is 1.69. The van der Waals surface area contributed by atoms with Gasteiger partial charge in [0.1, 0.15) is 5.75 Å². The minimum absolute atomic E-state index is 0.478. The molecule has 4 aromatic rings. The summed E-state index contributed by atoms with van der Waals surface area (Å²) in [5.74, 6) is 9.22. The van der Waals surface area contributed by atoms with Gasteiger partial charge in [-0.15, -0.1) is 10.2 Å². The van der Waals surface area contributed by atoms with Gasteiger partial charge in [-0.2, -0.15) is 0 Å². The maximum atomic E-state index is 6.16. The number of hydrogen-bond acceptors (Lipinski definition) is 7. The highest BCUT2D eigenvalue weighted by molar-refractivity contribution is 7.98. The molecular weight excluding hydrogens is 398 g/mol. The van der Waals surface area contributed by atoms with E-state index in [1.165, 1.54) is 16.4 Å². The summed E-state index contributed by atoms with van der Waals surface area (Å²) in [4.78, 5) is 4.31. The molecule has 0 radical (unpaired) electrons. The van der Waals surface area contributed by atoms with Crippen molar-refractivity contribution in [3.8, 4) is 28.5 Å². The topological polar surface area (TPSA) is 92.0 Å². The number of aromatic nitrogens is 4. The molecular formula is C19H16ClN5O2S. The molecule has 0 aliphatic rings. The molecule has 0 saturated carbocycles. The summed E-state index contributed by atoms with van der Waals surface area (Å²) in [5, 5.41) is 9.58. The highest BCUT2D eigenvalue weighted by Gasteiger charge is 2.14. The standard InChI is InChI=1S/C19H16ClN5O2S/c1-26-15-8-4-13(5-9-15)18-23-24-19(25(18)21)28-11-17-22-10-16(27-17)12-2-6-14(20)7-3-12/h2-10H,11,21H2,1H3. The normalized spacial score (nSPS) is 10.9. The molecule has 0 amide bonds. The molecule has 0 atom stereocenters. The molecule has 9 heteroatoms. The Morgan fingerprint density at radius 3 is 2.50 bits per heavy atom. The number of nitrogens with zero attached hydrogens (tertiary/aromatic N) is 4. The van der Waals surface area contributed by atoms with Crippen LogP contribution in [-0.4, -0.2) is 27.0 Å². The van der Waals surface area contributed by atoms with E-state index >= 15 is 0 Å². The zero-order valence-corrected chi connectivity index (χ0v) is 16.4. The van der Waals surface area contributed by atoms with Gasteiger partial charge < -0.3 is 15.0 Å². The third-order valence-corrected chi connectivity index (χ3v) is 5.20. The summed E-state index contributed by atoms with van der Waals surface area (Å²) in [6.45, 7) is 0. The SMILES string of the molecule is COc1ccc(-c2nnc(SCc3ncc(-c4ccc(Cl)cc4)o3)n2N)cc1. The smallest absolute Gasteiger partial charge is 0.210 e. The molecule has 0 aliphatic carbocycles. The van der Waals surface area contributed by atoms with Crippen LogP contribution in [0.15, 0.2) is 64.3 Å². The molecule has 7 nitrogen and oxygen atoms in total. The number of halogens is 1. The molecule has 142 valence electrons. The molecule has 0 spiro atoms. The van der Waals surface area contributed by atoms with E-state index in [-0.39, 0.29) is 0 Å². The molecule has 0 aliphatic heterocycles. The van der Waals surface area contributed by atoms with E-state index in [2.05, 4.69) is 15.2 Å². The number of oxazole rings is 1. The average Bonchev–Trinajstić information content (AvgIpc) is 3.34. The van der Waals surface area contributed by atoms with Crippen LogP contribution >= 0.6 is 23.4 Å². The first kappa shape index (κ1) is 18.4. The predicted molar refractivity (Wildman–Crippen MR) is 109 cm³/mol. The molecule has 0 fully saturated rings. The first-order valence-electron chi connectivity index (χ1n) is 8.32. The van der Waals surface area contributed by atoms with Gasteiger partial charge in [-0.05, 0) is 48.5 Å². The van der Waals surface area contributed by atoms with E-state index < -0.39 is 0 Å². The van der Waals surface area contributed by atoms with Crippen LogP contribution in [0.2, 0.25) is 5.02 Å². The van der Waals surface area contributed by atoms with E-state index in [9.17, 15) is 0 Å². The maximum absolute atomic E-state index is 6.16. The van der Waals surface area contributed by atoms with Crippen molar-refractivity contribution in [2.24, 2.45) is 0 Å². The van der Waals surface area contributed by atoms with E-state index in [1.807, 2.05) is 48.5 Å². The lowest BCUT2D eigenvalue weighted by Crippen LogP contribution is -2.11. The van der Waals surface area contributed by atoms with Gasteiger partial charge in [-0.3, -0.25) is 0 Å². The molecule has 28 heavy (non-hydrogen) atoms. The van der Waals surface area contributed by atoms with Crippen LogP contribution in [0.5, 0.6) is 5.75 Å². The van der Waals surface area contributed by atoms with Crippen LogP contribution in [0.4, 0.5) is 0 Å². The predicted octanol–water partition coefficient (Wildman–Crippen LogP) is 4.27. The van der Waals surface area contributed by atoms with Crippen molar-refractivity contribution in [1.82, 2.24) is 19.9 Å². The minimum Gasteiger partial charge on any atom is -0.497 e. The quantitative estimate of drug-likeness (QED) is 0.372. The number of benzene rings is 2. The van der Waals surface area contributed by atoms with Gasteiger partial charge in [0.15, 0.2) is 11.6 Å². The highest BCUT2D eigenvalue weighted by Crippen LogP contribution is 2.27. The number of thioether (sulfide) groups is 1. The van der Waals surface area contributed by atoms with Crippen LogP contribution in [-0.2, 0) is 5.75 Å². The van der Waals surface area contributed by atoms with Crippen molar-refractivity contribution in [2.45, 2.75) is 10.9 Å². The largest absolute Gasteiger partial charge is 0.497 e.